The summed E-state index contributed by atoms with van der Waals surface area (Å²) in [5, 5.41) is 11.2. The molecule has 0 spiro atoms. The number of aromatic amines is 1. The molecule has 2 fully saturated rings. The molecule has 4 rings (SSSR count). The van der Waals surface area contributed by atoms with Crippen molar-refractivity contribution < 1.29 is 9.84 Å². The lowest BCUT2D eigenvalue weighted by molar-refractivity contribution is -0.119. The highest BCUT2D eigenvalue weighted by Crippen LogP contribution is 2.43. The molecule has 0 saturated carbocycles. The first-order chi connectivity index (χ1) is 12.5. The molecule has 2 aromatic rings. The summed E-state index contributed by atoms with van der Waals surface area (Å²) in [4.78, 5) is 33.2. The number of nitrogens with one attached hydrogen (secondary N) is 1. The lowest BCUT2D eigenvalue weighted by Crippen LogP contribution is -2.40. The predicted molar refractivity (Wildman–Crippen MR) is 96.2 cm³/mol. The fraction of sp³-hybridized carbons (Fsp3) is 0.722. The molecule has 0 amide bonds. The van der Waals surface area contributed by atoms with Gasteiger partial charge in [0.2, 0.25) is 0 Å². The van der Waals surface area contributed by atoms with Gasteiger partial charge in [-0.1, -0.05) is 13.8 Å². The summed E-state index contributed by atoms with van der Waals surface area (Å²) >= 11 is 0. The van der Waals surface area contributed by atoms with Gasteiger partial charge in [0.15, 0.2) is 5.65 Å². The Kier molecular flexibility index (Phi) is 4.27. The maximum absolute atomic E-state index is 12.8. The van der Waals surface area contributed by atoms with Crippen molar-refractivity contribution >= 4 is 11.2 Å². The SMILES string of the molecule is CCCn1c(=O)c2[nH]c(C3(O)CC4CCC(C3)O4)nc2n(CCC)c1=O. The van der Waals surface area contributed by atoms with E-state index in [1.54, 1.807) is 4.57 Å². The molecule has 4 heterocycles. The number of imidazole rings is 1. The number of aryl methyl sites for hydroxylation is 1. The molecule has 0 aromatic carbocycles. The Bertz CT molecular complexity index is 929. The molecule has 8 heteroatoms. The third kappa shape index (κ3) is 2.63. The van der Waals surface area contributed by atoms with E-state index in [9.17, 15) is 14.7 Å². The van der Waals surface area contributed by atoms with Crippen LogP contribution in [-0.2, 0) is 23.4 Å². The summed E-state index contributed by atoms with van der Waals surface area (Å²) in [6.45, 7) is 4.76. The van der Waals surface area contributed by atoms with Crippen LogP contribution >= 0.6 is 0 Å². The molecular weight excluding hydrogens is 336 g/mol. The third-order valence-corrected chi connectivity index (χ3v) is 5.52. The van der Waals surface area contributed by atoms with E-state index in [2.05, 4.69) is 9.97 Å². The Hall–Kier alpha value is -1.93. The van der Waals surface area contributed by atoms with Gasteiger partial charge in [-0.3, -0.25) is 13.9 Å². The first-order valence-electron chi connectivity index (χ1n) is 9.58. The normalized spacial score (nSPS) is 28.1. The van der Waals surface area contributed by atoms with Gasteiger partial charge in [0, 0.05) is 25.9 Å². The fourth-order valence-corrected chi connectivity index (χ4v) is 4.34. The zero-order chi connectivity index (χ0) is 18.5. The van der Waals surface area contributed by atoms with E-state index in [1.807, 2.05) is 13.8 Å². The minimum Gasteiger partial charge on any atom is -0.382 e. The number of aliphatic hydroxyl groups is 1. The van der Waals surface area contributed by atoms with Crippen molar-refractivity contribution in [3.05, 3.63) is 26.7 Å². The van der Waals surface area contributed by atoms with Crippen LogP contribution in [0.3, 0.4) is 0 Å². The highest BCUT2D eigenvalue weighted by atomic mass is 16.5. The van der Waals surface area contributed by atoms with E-state index in [4.69, 9.17) is 4.74 Å². The number of ether oxygens (including phenoxy) is 1. The average molecular weight is 362 g/mol. The molecule has 26 heavy (non-hydrogen) atoms. The summed E-state index contributed by atoms with van der Waals surface area (Å²) in [6.07, 6.45) is 4.31. The second kappa shape index (κ2) is 6.35. The van der Waals surface area contributed by atoms with Crippen LogP contribution in [0.2, 0.25) is 0 Å². The van der Waals surface area contributed by atoms with Crippen molar-refractivity contribution in [3.8, 4) is 0 Å². The molecule has 2 aromatic heterocycles. The number of rotatable bonds is 5. The largest absolute Gasteiger partial charge is 0.382 e. The molecule has 2 saturated heterocycles. The van der Waals surface area contributed by atoms with Crippen LogP contribution in [0.15, 0.2) is 9.59 Å². The maximum Gasteiger partial charge on any atom is 0.332 e. The van der Waals surface area contributed by atoms with Crippen LogP contribution < -0.4 is 11.2 Å². The minimum absolute atomic E-state index is 0.0292. The van der Waals surface area contributed by atoms with Crippen molar-refractivity contribution in [3.63, 3.8) is 0 Å². The van der Waals surface area contributed by atoms with Gasteiger partial charge in [-0.25, -0.2) is 9.78 Å². The molecule has 2 atom stereocenters. The van der Waals surface area contributed by atoms with Crippen LogP contribution in [0.1, 0.15) is 58.2 Å². The molecule has 2 bridgehead atoms. The van der Waals surface area contributed by atoms with E-state index in [1.165, 1.54) is 4.57 Å². The third-order valence-electron chi connectivity index (χ3n) is 5.52. The molecule has 8 nitrogen and oxygen atoms in total. The van der Waals surface area contributed by atoms with Crippen molar-refractivity contribution in [2.75, 3.05) is 0 Å². The van der Waals surface area contributed by atoms with Gasteiger partial charge in [0.1, 0.15) is 16.9 Å². The molecule has 0 aliphatic carbocycles. The highest BCUT2D eigenvalue weighted by molar-refractivity contribution is 5.70. The summed E-state index contributed by atoms with van der Waals surface area (Å²) in [5.74, 6) is 0.378. The number of hydrogen-bond acceptors (Lipinski definition) is 5. The zero-order valence-corrected chi connectivity index (χ0v) is 15.3. The van der Waals surface area contributed by atoms with Crippen molar-refractivity contribution in [2.45, 2.75) is 83.3 Å². The molecule has 142 valence electrons. The average Bonchev–Trinajstić information content (AvgIpc) is 3.20. The number of H-pyrrole nitrogens is 1. The molecule has 0 radical (unpaired) electrons. The summed E-state index contributed by atoms with van der Waals surface area (Å²) in [7, 11) is 0. The Morgan fingerprint density at radius 3 is 2.38 bits per heavy atom. The monoisotopic (exact) mass is 362 g/mol. The lowest BCUT2D eigenvalue weighted by Gasteiger charge is -2.34. The predicted octanol–water partition coefficient (Wildman–Crippen LogP) is 1.24. The molecular formula is C18H26N4O4. The smallest absolute Gasteiger partial charge is 0.332 e. The van der Waals surface area contributed by atoms with Crippen molar-refractivity contribution in [2.24, 2.45) is 0 Å². The van der Waals surface area contributed by atoms with Crippen LogP contribution in [0.25, 0.3) is 11.2 Å². The molecule has 2 aliphatic heterocycles. The summed E-state index contributed by atoms with van der Waals surface area (Å²) in [5.41, 5.74) is -1.19. The van der Waals surface area contributed by atoms with Crippen LogP contribution in [-0.4, -0.2) is 36.4 Å². The van der Waals surface area contributed by atoms with E-state index in [0.29, 0.717) is 49.3 Å². The maximum atomic E-state index is 12.8. The van der Waals surface area contributed by atoms with E-state index in [-0.39, 0.29) is 23.5 Å². The second-order valence-electron chi connectivity index (χ2n) is 7.57. The Labute approximate surface area is 150 Å². The fourth-order valence-electron chi connectivity index (χ4n) is 4.34. The van der Waals surface area contributed by atoms with Gasteiger partial charge in [0.05, 0.1) is 12.2 Å². The van der Waals surface area contributed by atoms with E-state index >= 15 is 0 Å². The Morgan fingerprint density at radius 2 is 1.77 bits per heavy atom. The van der Waals surface area contributed by atoms with Crippen LogP contribution in [0.4, 0.5) is 0 Å². The summed E-state index contributed by atoms with van der Waals surface area (Å²) in [6, 6.07) is 0. The zero-order valence-electron chi connectivity index (χ0n) is 15.3. The number of fused-ring (bicyclic) bond motifs is 3. The first kappa shape index (κ1) is 17.5. The Morgan fingerprint density at radius 1 is 1.15 bits per heavy atom. The number of aromatic nitrogens is 4. The highest BCUT2D eigenvalue weighted by Gasteiger charge is 2.46. The minimum atomic E-state index is -1.14. The molecule has 2 N–H and O–H groups in total. The van der Waals surface area contributed by atoms with Crippen molar-refractivity contribution in [1.29, 1.82) is 0 Å². The van der Waals surface area contributed by atoms with E-state index in [0.717, 1.165) is 19.3 Å². The quantitative estimate of drug-likeness (QED) is 0.833. The van der Waals surface area contributed by atoms with Gasteiger partial charge in [-0.2, -0.15) is 0 Å². The summed E-state index contributed by atoms with van der Waals surface area (Å²) < 4.78 is 8.63. The lowest BCUT2D eigenvalue weighted by atomic mass is 9.89. The van der Waals surface area contributed by atoms with Gasteiger partial charge in [-0.05, 0) is 25.7 Å². The van der Waals surface area contributed by atoms with Crippen LogP contribution in [0.5, 0.6) is 0 Å². The van der Waals surface area contributed by atoms with Crippen LogP contribution in [0, 0.1) is 0 Å². The second-order valence-corrected chi connectivity index (χ2v) is 7.57. The van der Waals surface area contributed by atoms with Gasteiger partial charge < -0.3 is 14.8 Å². The topological polar surface area (TPSA) is 102 Å². The first-order valence-corrected chi connectivity index (χ1v) is 9.58. The van der Waals surface area contributed by atoms with Gasteiger partial charge in [-0.15, -0.1) is 0 Å². The van der Waals surface area contributed by atoms with Gasteiger partial charge in [0.25, 0.3) is 5.56 Å². The van der Waals surface area contributed by atoms with Crippen molar-refractivity contribution in [1.82, 2.24) is 19.1 Å². The standard InChI is InChI=1S/C18H26N4O4/c1-3-7-21-14-13(15(23)22(8-4-2)17(21)24)19-16(20-14)18(25)9-11-5-6-12(10-18)26-11/h11-12,25H,3-10H2,1-2H3,(H,19,20). The number of nitrogens with zero attached hydrogens (tertiary/aromatic N) is 3. The molecule has 2 unspecified atom stereocenters. The van der Waals surface area contributed by atoms with Gasteiger partial charge >= 0.3 is 5.69 Å². The Balaban J connectivity index is 1.89. The van der Waals surface area contributed by atoms with E-state index < -0.39 is 5.60 Å². The molecule has 2 aliphatic rings. The number of hydrogen-bond donors (Lipinski definition) is 2.